The highest BCUT2D eigenvalue weighted by molar-refractivity contribution is 5.71. The maximum absolute atomic E-state index is 11.9. The number of hydrogen-bond acceptors (Lipinski definition) is 5. The van der Waals surface area contributed by atoms with Crippen LogP contribution in [0.3, 0.4) is 0 Å². The molecule has 0 spiro atoms. The maximum Gasteiger partial charge on any atom is 0.344 e. The first kappa shape index (κ1) is 17.7. The van der Waals surface area contributed by atoms with Crippen LogP contribution >= 0.6 is 0 Å². The number of esters is 1. The molecule has 0 saturated carbocycles. The van der Waals surface area contributed by atoms with Crippen LogP contribution < -0.4 is 4.74 Å². The Morgan fingerprint density at radius 3 is 2.46 bits per heavy atom. The lowest BCUT2D eigenvalue weighted by molar-refractivity contribution is -0.148. The third-order valence-electron chi connectivity index (χ3n) is 3.91. The number of oxazole rings is 1. The Hall–Kier alpha value is -3.08. The molecule has 26 heavy (non-hydrogen) atoms. The lowest BCUT2D eigenvalue weighted by atomic mass is 10.1. The Morgan fingerprint density at radius 2 is 1.77 bits per heavy atom. The normalized spacial score (nSPS) is 10.6. The Kier molecular flexibility index (Phi) is 5.37. The Balaban J connectivity index is 1.53. The molecule has 3 rings (SSSR count). The molecule has 5 nitrogen and oxygen atoms in total. The van der Waals surface area contributed by atoms with Crippen LogP contribution in [0, 0.1) is 20.8 Å². The minimum absolute atomic E-state index is 0.0269. The zero-order chi connectivity index (χ0) is 18.5. The van der Waals surface area contributed by atoms with Crippen molar-refractivity contribution in [2.45, 2.75) is 27.4 Å². The predicted molar refractivity (Wildman–Crippen MR) is 97.9 cm³/mol. The van der Waals surface area contributed by atoms with Crippen LogP contribution in [0.1, 0.15) is 22.6 Å². The third kappa shape index (κ3) is 4.30. The summed E-state index contributed by atoms with van der Waals surface area (Å²) in [4.78, 5) is 16.1. The molecule has 0 aliphatic carbocycles. The van der Waals surface area contributed by atoms with Crippen LogP contribution in [0.5, 0.6) is 5.75 Å². The van der Waals surface area contributed by atoms with E-state index in [0.717, 1.165) is 28.0 Å². The average molecular weight is 351 g/mol. The molecule has 0 aliphatic rings. The lowest BCUT2D eigenvalue weighted by Gasteiger charge is -2.12. The summed E-state index contributed by atoms with van der Waals surface area (Å²) in [6.45, 7) is 5.76. The van der Waals surface area contributed by atoms with E-state index in [1.165, 1.54) is 0 Å². The van der Waals surface area contributed by atoms with Crippen LogP contribution in [0.25, 0.3) is 11.3 Å². The van der Waals surface area contributed by atoms with E-state index in [4.69, 9.17) is 13.9 Å². The van der Waals surface area contributed by atoms with Gasteiger partial charge in [-0.25, -0.2) is 9.78 Å². The summed E-state index contributed by atoms with van der Waals surface area (Å²) >= 11 is 0. The van der Waals surface area contributed by atoms with E-state index in [9.17, 15) is 4.79 Å². The van der Waals surface area contributed by atoms with Crippen LogP contribution in [0.4, 0.5) is 0 Å². The average Bonchev–Trinajstić information content (AvgIpc) is 3.09. The van der Waals surface area contributed by atoms with Gasteiger partial charge in [0.25, 0.3) is 0 Å². The standard InChI is InChI=1S/C21H21NO4/c1-14-9-15(2)21(16(3)10-14)25-13-20(23)24-12-19-22-11-18(26-19)17-7-5-4-6-8-17/h4-11H,12-13H2,1-3H3. The fourth-order valence-electron chi connectivity index (χ4n) is 2.82. The summed E-state index contributed by atoms with van der Waals surface area (Å²) in [5, 5.41) is 0. The molecule has 3 aromatic rings. The van der Waals surface area contributed by atoms with Gasteiger partial charge in [0.15, 0.2) is 19.0 Å². The van der Waals surface area contributed by atoms with Crippen LogP contribution in [-0.4, -0.2) is 17.6 Å². The first-order valence-corrected chi connectivity index (χ1v) is 8.39. The Morgan fingerprint density at radius 1 is 1.08 bits per heavy atom. The van der Waals surface area contributed by atoms with E-state index < -0.39 is 5.97 Å². The van der Waals surface area contributed by atoms with Crippen molar-refractivity contribution in [3.63, 3.8) is 0 Å². The molecule has 0 bridgehead atoms. The molecule has 134 valence electrons. The highest BCUT2D eigenvalue weighted by atomic mass is 16.6. The second-order valence-corrected chi connectivity index (χ2v) is 6.16. The highest BCUT2D eigenvalue weighted by Crippen LogP contribution is 2.24. The third-order valence-corrected chi connectivity index (χ3v) is 3.91. The predicted octanol–water partition coefficient (Wildman–Crippen LogP) is 4.39. The topological polar surface area (TPSA) is 61.6 Å². The summed E-state index contributed by atoms with van der Waals surface area (Å²) in [5.74, 6) is 1.23. The number of hydrogen-bond donors (Lipinski definition) is 0. The van der Waals surface area contributed by atoms with Crippen LogP contribution in [0.15, 0.2) is 53.1 Å². The van der Waals surface area contributed by atoms with E-state index in [1.54, 1.807) is 6.20 Å². The van der Waals surface area contributed by atoms with Crippen molar-refractivity contribution in [1.82, 2.24) is 4.98 Å². The molecule has 0 saturated heterocycles. The van der Waals surface area contributed by atoms with Gasteiger partial charge < -0.3 is 13.9 Å². The molecule has 0 fully saturated rings. The monoisotopic (exact) mass is 351 g/mol. The van der Waals surface area contributed by atoms with Gasteiger partial charge in [-0.1, -0.05) is 48.0 Å². The van der Waals surface area contributed by atoms with E-state index in [-0.39, 0.29) is 13.2 Å². The molecule has 1 heterocycles. The van der Waals surface area contributed by atoms with Gasteiger partial charge >= 0.3 is 5.97 Å². The Bertz CT molecular complexity index is 876. The number of nitrogens with zero attached hydrogens (tertiary/aromatic N) is 1. The number of aryl methyl sites for hydroxylation is 3. The lowest BCUT2D eigenvalue weighted by Crippen LogP contribution is -2.15. The van der Waals surface area contributed by atoms with Crippen molar-refractivity contribution < 1.29 is 18.7 Å². The molecule has 0 amide bonds. The van der Waals surface area contributed by atoms with Crippen LogP contribution in [-0.2, 0) is 16.1 Å². The van der Waals surface area contributed by atoms with Crippen molar-refractivity contribution in [3.05, 3.63) is 71.2 Å². The first-order valence-electron chi connectivity index (χ1n) is 8.39. The zero-order valence-corrected chi connectivity index (χ0v) is 15.1. The number of aromatic nitrogens is 1. The van der Waals surface area contributed by atoms with E-state index in [2.05, 4.69) is 4.98 Å². The molecule has 5 heteroatoms. The molecule has 0 N–H and O–H groups in total. The molecule has 0 aliphatic heterocycles. The second kappa shape index (κ2) is 7.87. The molecule has 0 unspecified atom stereocenters. The number of carbonyl (C=O) groups is 1. The van der Waals surface area contributed by atoms with E-state index in [0.29, 0.717) is 11.7 Å². The van der Waals surface area contributed by atoms with Gasteiger partial charge in [-0.3, -0.25) is 0 Å². The number of benzene rings is 2. The number of carbonyl (C=O) groups excluding carboxylic acids is 1. The van der Waals surface area contributed by atoms with Crippen molar-refractivity contribution in [2.75, 3.05) is 6.61 Å². The summed E-state index contributed by atoms with van der Waals surface area (Å²) in [6, 6.07) is 13.7. The molecular formula is C21H21NO4. The molecule has 0 radical (unpaired) electrons. The van der Waals surface area contributed by atoms with Gasteiger partial charge in [0.1, 0.15) is 5.75 Å². The van der Waals surface area contributed by atoms with E-state index in [1.807, 2.05) is 63.2 Å². The van der Waals surface area contributed by atoms with Gasteiger partial charge in [0, 0.05) is 5.56 Å². The van der Waals surface area contributed by atoms with Crippen molar-refractivity contribution >= 4 is 5.97 Å². The van der Waals surface area contributed by atoms with Gasteiger partial charge in [-0.15, -0.1) is 0 Å². The van der Waals surface area contributed by atoms with Gasteiger partial charge in [0.2, 0.25) is 5.89 Å². The molecule has 1 aromatic heterocycles. The van der Waals surface area contributed by atoms with Crippen molar-refractivity contribution in [2.24, 2.45) is 0 Å². The SMILES string of the molecule is Cc1cc(C)c(OCC(=O)OCc2ncc(-c3ccccc3)o2)c(C)c1. The van der Waals surface area contributed by atoms with Gasteiger partial charge in [-0.2, -0.15) is 0 Å². The fraction of sp³-hybridized carbons (Fsp3) is 0.238. The number of ether oxygens (including phenoxy) is 2. The fourth-order valence-corrected chi connectivity index (χ4v) is 2.82. The number of rotatable bonds is 6. The first-order chi connectivity index (χ1) is 12.5. The molecular weight excluding hydrogens is 330 g/mol. The van der Waals surface area contributed by atoms with Crippen molar-refractivity contribution in [3.8, 4) is 17.1 Å². The highest BCUT2D eigenvalue weighted by Gasteiger charge is 2.12. The summed E-state index contributed by atoms with van der Waals surface area (Å²) in [7, 11) is 0. The second-order valence-electron chi connectivity index (χ2n) is 6.16. The minimum atomic E-state index is -0.469. The quantitative estimate of drug-likeness (QED) is 0.616. The Labute approximate surface area is 152 Å². The summed E-state index contributed by atoms with van der Waals surface area (Å²) in [5.41, 5.74) is 4.07. The maximum atomic E-state index is 11.9. The van der Waals surface area contributed by atoms with Crippen LogP contribution in [0.2, 0.25) is 0 Å². The molecule has 0 atom stereocenters. The van der Waals surface area contributed by atoms with Gasteiger partial charge in [-0.05, 0) is 31.9 Å². The molecule has 2 aromatic carbocycles. The minimum Gasteiger partial charge on any atom is -0.481 e. The van der Waals surface area contributed by atoms with Gasteiger partial charge in [0.05, 0.1) is 6.20 Å². The van der Waals surface area contributed by atoms with Crippen molar-refractivity contribution in [1.29, 1.82) is 0 Å². The summed E-state index contributed by atoms with van der Waals surface area (Å²) in [6.07, 6.45) is 1.62. The summed E-state index contributed by atoms with van der Waals surface area (Å²) < 4.78 is 16.4. The smallest absolute Gasteiger partial charge is 0.344 e. The largest absolute Gasteiger partial charge is 0.481 e. The van der Waals surface area contributed by atoms with E-state index >= 15 is 0 Å². The zero-order valence-electron chi connectivity index (χ0n) is 15.1.